The molecule has 29 heavy (non-hydrogen) atoms. The second kappa shape index (κ2) is 8.41. The van der Waals surface area contributed by atoms with E-state index in [4.69, 9.17) is 0 Å². The highest BCUT2D eigenvalue weighted by Crippen LogP contribution is 2.40. The van der Waals surface area contributed by atoms with Crippen LogP contribution in [0.4, 0.5) is 5.69 Å². The van der Waals surface area contributed by atoms with Gasteiger partial charge in [0.15, 0.2) is 5.16 Å². The lowest BCUT2D eigenvalue weighted by molar-refractivity contribution is -0.115. The normalized spacial score (nSPS) is 14.6. The van der Waals surface area contributed by atoms with Crippen LogP contribution in [-0.2, 0) is 11.3 Å². The van der Waals surface area contributed by atoms with E-state index in [1.807, 2.05) is 51.1 Å². The molecule has 1 atom stereocenters. The molecular weight excluding hydrogens is 380 g/mol. The van der Waals surface area contributed by atoms with Gasteiger partial charge in [-0.05, 0) is 50.8 Å². The maximum atomic E-state index is 12.8. The predicted octanol–water partition coefficient (Wildman–Crippen LogP) is 4.94. The van der Waals surface area contributed by atoms with Gasteiger partial charge in [0.05, 0.1) is 11.8 Å². The molecule has 1 N–H and O–H groups in total. The second-order valence-electron chi connectivity index (χ2n) is 7.75. The van der Waals surface area contributed by atoms with Crippen LogP contribution in [0, 0.1) is 13.8 Å². The number of carbonyl (C=O) groups is 1. The van der Waals surface area contributed by atoms with Crippen LogP contribution >= 0.6 is 11.8 Å². The number of aromatic nitrogens is 3. The van der Waals surface area contributed by atoms with E-state index in [1.165, 1.54) is 35.7 Å². The fourth-order valence-corrected chi connectivity index (χ4v) is 4.20. The van der Waals surface area contributed by atoms with Crippen molar-refractivity contribution in [1.82, 2.24) is 14.8 Å². The molecule has 4 rings (SSSR count). The van der Waals surface area contributed by atoms with Crippen molar-refractivity contribution in [3.05, 3.63) is 71.0 Å². The molecule has 1 amide bonds. The highest BCUT2D eigenvalue weighted by atomic mass is 32.2. The number of thioether (sulfide) groups is 1. The van der Waals surface area contributed by atoms with Crippen LogP contribution in [-0.4, -0.2) is 25.9 Å². The topological polar surface area (TPSA) is 59.8 Å². The summed E-state index contributed by atoms with van der Waals surface area (Å²) < 4.78 is 2.18. The molecule has 1 aromatic heterocycles. The van der Waals surface area contributed by atoms with Crippen molar-refractivity contribution in [2.75, 3.05) is 5.32 Å². The zero-order valence-corrected chi connectivity index (χ0v) is 17.9. The Kier molecular flexibility index (Phi) is 5.72. The minimum atomic E-state index is -0.276. The van der Waals surface area contributed by atoms with Crippen LogP contribution < -0.4 is 5.32 Å². The first-order chi connectivity index (χ1) is 14.0. The molecule has 1 aliphatic carbocycles. The molecule has 1 fully saturated rings. The third kappa shape index (κ3) is 4.70. The molecule has 0 saturated heterocycles. The summed E-state index contributed by atoms with van der Waals surface area (Å²) in [5, 5.41) is 12.5. The van der Waals surface area contributed by atoms with Gasteiger partial charge in [0.2, 0.25) is 5.91 Å². The van der Waals surface area contributed by atoms with E-state index < -0.39 is 0 Å². The van der Waals surface area contributed by atoms with Crippen LogP contribution in [0.3, 0.4) is 0 Å². The number of rotatable bonds is 7. The summed E-state index contributed by atoms with van der Waals surface area (Å²) >= 11 is 1.47. The van der Waals surface area contributed by atoms with Crippen molar-refractivity contribution in [2.24, 2.45) is 0 Å². The second-order valence-corrected chi connectivity index (χ2v) is 9.06. The molecule has 0 bridgehead atoms. The maximum Gasteiger partial charge on any atom is 0.237 e. The molecule has 2 aromatic carbocycles. The van der Waals surface area contributed by atoms with Gasteiger partial charge in [-0.25, -0.2) is 0 Å². The molecule has 6 heteroatoms. The summed E-state index contributed by atoms with van der Waals surface area (Å²) in [7, 11) is 0. The van der Waals surface area contributed by atoms with Gasteiger partial charge in [0, 0.05) is 11.6 Å². The van der Waals surface area contributed by atoms with Gasteiger partial charge in [-0.15, -0.1) is 10.2 Å². The largest absolute Gasteiger partial charge is 0.325 e. The number of nitrogens with zero attached hydrogens (tertiary/aromatic N) is 3. The Labute approximate surface area is 175 Å². The molecule has 150 valence electrons. The Hall–Kier alpha value is -2.60. The van der Waals surface area contributed by atoms with Crippen molar-refractivity contribution in [3.63, 3.8) is 0 Å². The summed E-state index contributed by atoms with van der Waals surface area (Å²) in [6, 6.07) is 16.4. The third-order valence-corrected chi connectivity index (χ3v) is 6.24. The first kappa shape index (κ1) is 19.7. The van der Waals surface area contributed by atoms with Gasteiger partial charge in [0.25, 0.3) is 0 Å². The number of aryl methyl sites for hydroxylation is 2. The van der Waals surface area contributed by atoms with Gasteiger partial charge >= 0.3 is 0 Å². The SMILES string of the molecule is Cc1ccc(NC(=O)[C@H](C)Sc2nnc(C3CC3)n2Cc2ccccc2)c(C)c1. The van der Waals surface area contributed by atoms with Crippen LogP contribution in [0.15, 0.2) is 53.7 Å². The summed E-state index contributed by atoms with van der Waals surface area (Å²) in [6.07, 6.45) is 2.33. The lowest BCUT2D eigenvalue weighted by atomic mass is 10.1. The zero-order chi connectivity index (χ0) is 20.4. The molecule has 0 aliphatic heterocycles. The Morgan fingerprint density at radius 1 is 1.17 bits per heavy atom. The van der Waals surface area contributed by atoms with Gasteiger partial charge in [-0.3, -0.25) is 4.79 Å². The third-order valence-electron chi connectivity index (χ3n) is 5.16. The Morgan fingerprint density at radius 2 is 1.93 bits per heavy atom. The maximum absolute atomic E-state index is 12.8. The highest BCUT2D eigenvalue weighted by molar-refractivity contribution is 8.00. The molecule has 0 spiro atoms. The van der Waals surface area contributed by atoms with Gasteiger partial charge in [-0.1, -0.05) is 59.8 Å². The monoisotopic (exact) mass is 406 g/mol. The van der Waals surface area contributed by atoms with E-state index in [-0.39, 0.29) is 11.2 Å². The lowest BCUT2D eigenvalue weighted by Gasteiger charge is -2.15. The number of hydrogen-bond donors (Lipinski definition) is 1. The minimum absolute atomic E-state index is 0.0239. The molecule has 1 heterocycles. The number of carbonyl (C=O) groups excluding carboxylic acids is 1. The van der Waals surface area contributed by atoms with Crippen molar-refractivity contribution in [2.45, 2.75) is 56.5 Å². The van der Waals surface area contributed by atoms with Crippen LogP contribution in [0.1, 0.15) is 48.2 Å². The Morgan fingerprint density at radius 3 is 2.62 bits per heavy atom. The van der Waals surface area contributed by atoms with E-state index >= 15 is 0 Å². The van der Waals surface area contributed by atoms with E-state index in [1.54, 1.807) is 0 Å². The van der Waals surface area contributed by atoms with E-state index in [0.717, 1.165) is 28.8 Å². The first-order valence-corrected chi connectivity index (χ1v) is 10.9. The number of benzene rings is 2. The Bertz CT molecular complexity index is 1010. The molecule has 5 nitrogen and oxygen atoms in total. The predicted molar refractivity (Wildman–Crippen MR) is 117 cm³/mol. The number of amides is 1. The highest BCUT2D eigenvalue weighted by Gasteiger charge is 2.31. The van der Waals surface area contributed by atoms with Crippen molar-refractivity contribution in [1.29, 1.82) is 0 Å². The van der Waals surface area contributed by atoms with Crippen molar-refractivity contribution < 1.29 is 4.79 Å². The summed E-state index contributed by atoms with van der Waals surface area (Å²) in [4.78, 5) is 12.8. The van der Waals surface area contributed by atoms with Crippen LogP contribution in [0.5, 0.6) is 0 Å². The Balaban J connectivity index is 1.50. The minimum Gasteiger partial charge on any atom is -0.325 e. The van der Waals surface area contributed by atoms with Crippen LogP contribution in [0.2, 0.25) is 0 Å². The summed E-state index contributed by atoms with van der Waals surface area (Å²) in [5.41, 5.74) is 4.32. The van der Waals surface area contributed by atoms with Crippen molar-refractivity contribution in [3.8, 4) is 0 Å². The smallest absolute Gasteiger partial charge is 0.237 e. The lowest BCUT2D eigenvalue weighted by Crippen LogP contribution is -2.23. The molecule has 3 aromatic rings. The van der Waals surface area contributed by atoms with Gasteiger partial charge in [0.1, 0.15) is 5.82 Å². The van der Waals surface area contributed by atoms with Crippen molar-refractivity contribution >= 4 is 23.4 Å². The fraction of sp³-hybridized carbons (Fsp3) is 0.348. The molecule has 1 saturated carbocycles. The molecule has 0 unspecified atom stereocenters. The standard InChI is InChI=1S/C23H26N4OS/c1-15-9-12-20(16(2)13-15)24-22(28)17(3)29-23-26-25-21(19-10-11-19)27(23)14-18-7-5-4-6-8-18/h4-9,12-13,17,19H,10-11,14H2,1-3H3,(H,24,28)/t17-/m0/s1. The average molecular weight is 407 g/mol. The average Bonchev–Trinajstić information content (AvgIpc) is 3.48. The molecule has 0 radical (unpaired) electrons. The number of nitrogens with one attached hydrogen (secondary N) is 1. The molecule has 1 aliphatic rings. The zero-order valence-electron chi connectivity index (χ0n) is 17.1. The summed E-state index contributed by atoms with van der Waals surface area (Å²) in [6.45, 7) is 6.71. The first-order valence-electron chi connectivity index (χ1n) is 10.0. The summed E-state index contributed by atoms with van der Waals surface area (Å²) in [5.74, 6) is 1.52. The molecular formula is C23H26N4OS. The van der Waals surface area contributed by atoms with E-state index in [9.17, 15) is 4.79 Å². The van der Waals surface area contributed by atoms with E-state index in [2.05, 4.69) is 38.3 Å². The number of hydrogen-bond acceptors (Lipinski definition) is 4. The quantitative estimate of drug-likeness (QED) is 0.565. The fourth-order valence-electron chi connectivity index (χ4n) is 3.35. The van der Waals surface area contributed by atoms with Gasteiger partial charge < -0.3 is 9.88 Å². The number of anilines is 1. The van der Waals surface area contributed by atoms with Gasteiger partial charge in [-0.2, -0.15) is 0 Å². The van der Waals surface area contributed by atoms with Crippen LogP contribution in [0.25, 0.3) is 0 Å². The van der Waals surface area contributed by atoms with E-state index in [0.29, 0.717) is 5.92 Å².